The summed E-state index contributed by atoms with van der Waals surface area (Å²) in [5.41, 5.74) is 2.35. The van der Waals surface area contributed by atoms with Crippen LogP contribution in [-0.2, 0) is 16.0 Å². The minimum absolute atomic E-state index is 0.0814. The Morgan fingerprint density at radius 1 is 1.32 bits per heavy atom. The maximum atomic E-state index is 14.1. The highest BCUT2D eigenvalue weighted by Gasteiger charge is 2.63. The Kier molecular flexibility index (Phi) is 7.24. The van der Waals surface area contributed by atoms with Gasteiger partial charge in [-0.15, -0.1) is 11.8 Å². The number of rotatable bonds is 11. The molecule has 0 amide bonds. The molecule has 184 valence electrons. The molecule has 0 radical (unpaired) electrons. The standard InChI is InChI=1S/C26H32FNO5S/c1-14(17-6-5-7-18-21-22(25(30)31)24(21)33-23(17)18)32-13-16(29)12-28-26(2,3)11-15-8-9-20(34-4)19(27)10-15/h5-10,14,16,21-22,24,28-29H,11-13H2,1-4H3,(H,30,31)/t14-,16-,21-,22-,24-/m1/s1. The Bertz CT molecular complexity index is 1060. The van der Waals surface area contributed by atoms with Gasteiger partial charge >= 0.3 is 5.97 Å². The Labute approximate surface area is 203 Å². The number of benzene rings is 2. The van der Waals surface area contributed by atoms with Crippen LogP contribution in [0.3, 0.4) is 0 Å². The highest BCUT2D eigenvalue weighted by atomic mass is 32.2. The topological polar surface area (TPSA) is 88.0 Å². The zero-order chi connectivity index (χ0) is 24.6. The van der Waals surface area contributed by atoms with Crippen molar-refractivity contribution < 1.29 is 28.9 Å². The van der Waals surface area contributed by atoms with E-state index in [9.17, 15) is 19.4 Å². The number of thioether (sulfide) groups is 1. The SMILES string of the molecule is CSc1ccc(CC(C)(C)NC[C@@H](O)CO[C@H](C)c2cccc3c2O[C@H]2[C@H](C(=O)O)[C@@H]32)cc1F. The highest BCUT2D eigenvalue weighted by molar-refractivity contribution is 7.98. The average molecular weight is 490 g/mol. The highest BCUT2D eigenvalue weighted by Crippen LogP contribution is 2.59. The molecule has 4 rings (SSSR count). The van der Waals surface area contributed by atoms with Crippen molar-refractivity contribution in [1.29, 1.82) is 0 Å². The van der Waals surface area contributed by atoms with Crippen molar-refractivity contribution >= 4 is 17.7 Å². The number of hydrogen-bond acceptors (Lipinski definition) is 6. The fraction of sp³-hybridized carbons (Fsp3) is 0.500. The Morgan fingerprint density at radius 2 is 2.09 bits per heavy atom. The largest absolute Gasteiger partial charge is 0.488 e. The van der Waals surface area contributed by atoms with E-state index in [0.29, 0.717) is 17.9 Å². The fourth-order valence-corrected chi connectivity index (χ4v) is 5.17. The molecule has 0 spiro atoms. The third-order valence-electron chi connectivity index (χ3n) is 6.58. The van der Waals surface area contributed by atoms with Crippen LogP contribution in [0.1, 0.15) is 49.5 Å². The summed E-state index contributed by atoms with van der Waals surface area (Å²) in [6.45, 7) is 6.40. The summed E-state index contributed by atoms with van der Waals surface area (Å²) in [5, 5.41) is 23.1. The lowest BCUT2D eigenvalue weighted by atomic mass is 9.94. The van der Waals surface area contributed by atoms with Gasteiger partial charge in [0, 0.05) is 34.0 Å². The lowest BCUT2D eigenvalue weighted by molar-refractivity contribution is -0.139. The number of carbonyl (C=O) groups is 1. The first kappa shape index (κ1) is 25.0. The third kappa shape index (κ3) is 5.25. The molecule has 1 saturated carbocycles. The van der Waals surface area contributed by atoms with E-state index >= 15 is 0 Å². The molecule has 1 heterocycles. The smallest absolute Gasteiger partial charge is 0.311 e. The zero-order valence-electron chi connectivity index (χ0n) is 19.9. The number of β-amino-alcohol motifs (C(OH)–C–C–N with tert-alkyl or cyclic N) is 1. The van der Waals surface area contributed by atoms with E-state index in [1.807, 2.05) is 51.3 Å². The van der Waals surface area contributed by atoms with E-state index in [2.05, 4.69) is 5.32 Å². The van der Waals surface area contributed by atoms with Gasteiger partial charge in [-0.1, -0.05) is 24.3 Å². The summed E-state index contributed by atoms with van der Waals surface area (Å²) >= 11 is 1.38. The van der Waals surface area contributed by atoms with E-state index in [-0.39, 0.29) is 36.1 Å². The number of ether oxygens (including phenoxy) is 2. The van der Waals surface area contributed by atoms with Crippen LogP contribution in [0, 0.1) is 11.7 Å². The number of aliphatic carboxylic acids is 1. The minimum atomic E-state index is -0.823. The molecule has 6 nitrogen and oxygen atoms in total. The van der Waals surface area contributed by atoms with E-state index in [1.54, 1.807) is 12.1 Å². The summed E-state index contributed by atoms with van der Waals surface area (Å²) in [6.07, 6.45) is 1.15. The molecule has 5 atom stereocenters. The normalized spacial score (nSPS) is 22.5. The number of para-hydroxylation sites is 1. The first-order valence-electron chi connectivity index (χ1n) is 11.5. The van der Waals surface area contributed by atoms with Gasteiger partial charge in [-0.2, -0.15) is 0 Å². The predicted octanol–water partition coefficient (Wildman–Crippen LogP) is 4.16. The number of nitrogens with one attached hydrogen (secondary N) is 1. The van der Waals surface area contributed by atoms with Crippen molar-refractivity contribution in [1.82, 2.24) is 5.32 Å². The predicted molar refractivity (Wildman–Crippen MR) is 129 cm³/mol. The van der Waals surface area contributed by atoms with Crippen LogP contribution < -0.4 is 10.1 Å². The van der Waals surface area contributed by atoms with Crippen molar-refractivity contribution in [3.63, 3.8) is 0 Å². The van der Waals surface area contributed by atoms with E-state index < -0.39 is 18.0 Å². The molecule has 1 aliphatic heterocycles. The van der Waals surface area contributed by atoms with Gasteiger partial charge in [-0.25, -0.2) is 4.39 Å². The maximum absolute atomic E-state index is 14.1. The molecule has 0 saturated heterocycles. The minimum Gasteiger partial charge on any atom is -0.488 e. The van der Waals surface area contributed by atoms with Crippen molar-refractivity contribution in [3.05, 3.63) is 58.9 Å². The van der Waals surface area contributed by atoms with Crippen LogP contribution in [0.2, 0.25) is 0 Å². The molecule has 2 aromatic carbocycles. The number of aliphatic hydroxyl groups is 1. The van der Waals surface area contributed by atoms with Crippen LogP contribution in [0.5, 0.6) is 5.75 Å². The fourth-order valence-electron chi connectivity index (χ4n) is 4.71. The lowest BCUT2D eigenvalue weighted by Crippen LogP contribution is -2.46. The number of carboxylic acids is 1. The summed E-state index contributed by atoms with van der Waals surface area (Å²) in [5.74, 6) is -0.861. The second kappa shape index (κ2) is 9.85. The summed E-state index contributed by atoms with van der Waals surface area (Å²) in [4.78, 5) is 11.9. The summed E-state index contributed by atoms with van der Waals surface area (Å²) < 4.78 is 25.9. The molecular weight excluding hydrogens is 457 g/mol. The molecule has 0 aromatic heterocycles. The monoisotopic (exact) mass is 489 g/mol. The van der Waals surface area contributed by atoms with Gasteiger partial charge < -0.3 is 25.0 Å². The van der Waals surface area contributed by atoms with Crippen LogP contribution in [0.25, 0.3) is 0 Å². The molecule has 2 aliphatic rings. The molecule has 2 aromatic rings. The molecule has 1 fully saturated rings. The molecule has 3 N–H and O–H groups in total. The summed E-state index contributed by atoms with van der Waals surface area (Å²) in [7, 11) is 0. The van der Waals surface area contributed by atoms with Gasteiger partial charge in [0.2, 0.25) is 0 Å². The van der Waals surface area contributed by atoms with Crippen molar-refractivity contribution in [3.8, 4) is 5.75 Å². The molecule has 34 heavy (non-hydrogen) atoms. The second-order valence-corrected chi connectivity index (χ2v) is 10.6. The molecule has 0 unspecified atom stereocenters. The maximum Gasteiger partial charge on any atom is 0.311 e. The van der Waals surface area contributed by atoms with Crippen molar-refractivity contribution in [2.24, 2.45) is 5.92 Å². The number of carboxylic acid groups (broad SMARTS) is 1. The van der Waals surface area contributed by atoms with Gasteiger partial charge in [0.05, 0.1) is 18.8 Å². The number of fused-ring (bicyclic) bond motifs is 3. The zero-order valence-corrected chi connectivity index (χ0v) is 20.7. The van der Waals surface area contributed by atoms with E-state index in [4.69, 9.17) is 9.47 Å². The third-order valence-corrected chi connectivity index (χ3v) is 7.35. The van der Waals surface area contributed by atoms with Crippen LogP contribution in [-0.4, -0.2) is 53.3 Å². The lowest BCUT2D eigenvalue weighted by Gasteiger charge is -2.28. The molecule has 0 bridgehead atoms. The first-order valence-corrected chi connectivity index (χ1v) is 12.7. The van der Waals surface area contributed by atoms with Gasteiger partial charge in [0.15, 0.2) is 0 Å². The van der Waals surface area contributed by atoms with E-state index in [1.165, 1.54) is 11.8 Å². The molecule has 1 aliphatic carbocycles. The number of hydrogen-bond donors (Lipinski definition) is 3. The number of halogens is 1. The van der Waals surface area contributed by atoms with Gasteiger partial charge in [-0.05, 0) is 51.1 Å². The summed E-state index contributed by atoms with van der Waals surface area (Å²) in [6, 6.07) is 11.0. The quantitative estimate of drug-likeness (QED) is 0.409. The Morgan fingerprint density at radius 3 is 2.76 bits per heavy atom. The van der Waals surface area contributed by atoms with Gasteiger partial charge in [0.25, 0.3) is 0 Å². The van der Waals surface area contributed by atoms with E-state index in [0.717, 1.165) is 22.4 Å². The average Bonchev–Trinajstić information content (AvgIpc) is 3.38. The van der Waals surface area contributed by atoms with Crippen LogP contribution >= 0.6 is 11.8 Å². The van der Waals surface area contributed by atoms with Gasteiger partial charge in [0.1, 0.15) is 23.6 Å². The first-order chi connectivity index (χ1) is 16.1. The van der Waals surface area contributed by atoms with Crippen LogP contribution in [0.15, 0.2) is 41.3 Å². The molecular formula is C26H32FNO5S. The van der Waals surface area contributed by atoms with Crippen molar-refractivity contribution in [2.45, 2.75) is 61.9 Å². The van der Waals surface area contributed by atoms with Gasteiger partial charge in [-0.3, -0.25) is 4.79 Å². The van der Waals surface area contributed by atoms with Crippen molar-refractivity contribution in [2.75, 3.05) is 19.4 Å². The Hall–Kier alpha value is -2.13. The molecule has 8 heteroatoms. The second-order valence-electron chi connectivity index (χ2n) is 9.78. The Balaban J connectivity index is 1.27. The van der Waals surface area contributed by atoms with Crippen LogP contribution in [0.4, 0.5) is 4.39 Å². The number of aliphatic hydroxyl groups excluding tert-OH is 1.